The molecule has 0 unspecified atom stereocenters. The molecule has 2 aliphatic rings. The van der Waals surface area contributed by atoms with Gasteiger partial charge in [0.25, 0.3) is 0 Å². The molecule has 0 heterocycles. The van der Waals surface area contributed by atoms with E-state index in [2.05, 4.69) is 19.7 Å². The van der Waals surface area contributed by atoms with Gasteiger partial charge in [-0.2, -0.15) is 0 Å². The molecule has 0 amide bonds. The Morgan fingerprint density at radius 1 is 0.706 bits per heavy atom. The van der Waals surface area contributed by atoms with Gasteiger partial charge in [0.15, 0.2) is 0 Å². The molecule has 17 heavy (non-hydrogen) atoms. The lowest BCUT2D eigenvalue weighted by molar-refractivity contribution is 0.601. The van der Waals surface area contributed by atoms with E-state index in [4.69, 9.17) is 0 Å². The van der Waals surface area contributed by atoms with Crippen LogP contribution in [0.5, 0.6) is 0 Å². The molecule has 2 saturated carbocycles. The van der Waals surface area contributed by atoms with Gasteiger partial charge in [-0.05, 0) is 65.2 Å². The monoisotopic (exact) mass is 234 g/mol. The van der Waals surface area contributed by atoms with Gasteiger partial charge in [-0.25, -0.2) is 0 Å². The van der Waals surface area contributed by atoms with Crippen LogP contribution in [0, 0.1) is 0 Å². The zero-order valence-corrected chi connectivity index (χ0v) is 12.0. The van der Waals surface area contributed by atoms with Crippen LogP contribution in [-0.4, -0.2) is 0 Å². The van der Waals surface area contributed by atoms with Gasteiger partial charge in [-0.3, -0.25) is 0 Å². The number of allylic oxidation sites excluding steroid dienone is 3. The third-order valence-electron chi connectivity index (χ3n) is 2.87. The number of rotatable bonds is 0. The molecule has 0 atom stereocenters. The second kappa shape index (κ2) is 10.4. The minimum atomic E-state index is 1.17. The fourth-order valence-corrected chi connectivity index (χ4v) is 1.93. The molecule has 2 aliphatic carbocycles. The number of hydrogen-bond acceptors (Lipinski definition) is 0. The molecule has 0 N–H and O–H groups in total. The summed E-state index contributed by atoms with van der Waals surface area (Å²) in [4.78, 5) is 0. The molecule has 0 aromatic carbocycles. The van der Waals surface area contributed by atoms with Crippen molar-refractivity contribution in [3.05, 3.63) is 36.5 Å². The van der Waals surface area contributed by atoms with Crippen LogP contribution in [0.1, 0.15) is 71.6 Å². The van der Waals surface area contributed by atoms with E-state index in [0.717, 1.165) is 0 Å². The molecule has 0 bridgehead atoms. The van der Waals surface area contributed by atoms with Gasteiger partial charge < -0.3 is 0 Å². The molecule has 2 rings (SSSR count). The summed E-state index contributed by atoms with van der Waals surface area (Å²) in [6, 6.07) is 0. The van der Waals surface area contributed by atoms with Crippen molar-refractivity contribution >= 4 is 0 Å². The Kier molecular flexibility index (Phi) is 9.90. The summed E-state index contributed by atoms with van der Waals surface area (Å²) in [6.45, 7) is 15.3. The smallest absolute Gasteiger partial charge is 0.0323 e. The fourth-order valence-electron chi connectivity index (χ4n) is 1.93. The van der Waals surface area contributed by atoms with E-state index < -0.39 is 0 Å². The molecule has 0 heteroatoms. The Bertz CT molecular complexity index is 225. The van der Waals surface area contributed by atoms with Crippen LogP contribution in [0.2, 0.25) is 0 Å². The minimum absolute atomic E-state index is 1.17. The fraction of sp³-hybridized carbons (Fsp3) is 0.647. The molecule has 0 aromatic heterocycles. The molecular weight excluding hydrogens is 204 g/mol. The molecule has 0 aliphatic heterocycles. The highest BCUT2D eigenvalue weighted by Crippen LogP contribution is 2.21. The molecule has 0 saturated heterocycles. The van der Waals surface area contributed by atoms with E-state index in [-0.39, 0.29) is 0 Å². The van der Waals surface area contributed by atoms with Gasteiger partial charge in [-0.15, -0.1) is 6.58 Å². The zero-order chi connectivity index (χ0) is 13.1. The highest BCUT2D eigenvalue weighted by molar-refractivity contribution is 4.98. The maximum Gasteiger partial charge on any atom is -0.0323 e. The van der Waals surface area contributed by atoms with Crippen molar-refractivity contribution in [2.75, 3.05) is 0 Å². The molecule has 0 spiro atoms. The normalized spacial score (nSPS) is 18.7. The predicted molar refractivity (Wildman–Crippen MR) is 80.3 cm³/mol. The first kappa shape index (κ1) is 16.2. The van der Waals surface area contributed by atoms with Crippen molar-refractivity contribution in [2.24, 2.45) is 0 Å². The topological polar surface area (TPSA) is 0 Å². The van der Waals surface area contributed by atoms with Crippen molar-refractivity contribution in [1.29, 1.82) is 0 Å². The van der Waals surface area contributed by atoms with Crippen LogP contribution in [0.3, 0.4) is 0 Å². The minimum Gasteiger partial charge on any atom is -0.100 e. The van der Waals surface area contributed by atoms with E-state index in [0.29, 0.717) is 0 Å². The average molecular weight is 234 g/mol. The predicted octanol–water partition coefficient (Wildman–Crippen LogP) is 6.21. The SMILES string of the molecule is C=C(C)C.C=C1CCCC1.C=C1CCCCC1. The first-order chi connectivity index (χ1) is 8.02. The lowest BCUT2D eigenvalue weighted by atomic mass is 9.97. The van der Waals surface area contributed by atoms with Gasteiger partial charge in [0.1, 0.15) is 0 Å². The van der Waals surface area contributed by atoms with Crippen LogP contribution in [0.25, 0.3) is 0 Å². The Morgan fingerprint density at radius 3 is 1.06 bits per heavy atom. The Labute approximate surface area is 109 Å². The molecule has 0 nitrogen and oxygen atoms in total. The molecule has 2 fully saturated rings. The maximum atomic E-state index is 3.91. The molecule has 98 valence electrons. The molecular formula is C17H30. The largest absolute Gasteiger partial charge is 0.100 e. The third kappa shape index (κ3) is 13.2. The van der Waals surface area contributed by atoms with Crippen molar-refractivity contribution in [2.45, 2.75) is 71.6 Å². The van der Waals surface area contributed by atoms with Gasteiger partial charge in [0.2, 0.25) is 0 Å². The first-order valence-corrected chi connectivity index (χ1v) is 6.97. The average Bonchev–Trinajstić information content (AvgIpc) is 2.70. The number of hydrogen-bond donors (Lipinski definition) is 0. The standard InChI is InChI=1S/C7H12.C6H10.C4H8/c1-7-5-3-2-4-6-7;1-6-4-2-3-5-6;1-4(2)3/h1-6H2;1-5H2;1H2,2-3H3. The second-order valence-electron chi connectivity index (χ2n) is 5.47. The molecule has 0 aromatic rings. The van der Waals surface area contributed by atoms with Gasteiger partial charge in [0.05, 0.1) is 0 Å². The van der Waals surface area contributed by atoms with Crippen LogP contribution >= 0.6 is 0 Å². The summed E-state index contributed by atoms with van der Waals surface area (Å²) >= 11 is 0. The van der Waals surface area contributed by atoms with E-state index in [1.807, 2.05) is 13.8 Å². The highest BCUT2D eigenvalue weighted by Gasteiger charge is 2.01. The Hall–Kier alpha value is -0.780. The van der Waals surface area contributed by atoms with Gasteiger partial charge in [-0.1, -0.05) is 36.3 Å². The quantitative estimate of drug-likeness (QED) is 0.437. The Balaban J connectivity index is 0.000000236. The van der Waals surface area contributed by atoms with E-state index in [1.165, 1.54) is 74.5 Å². The zero-order valence-electron chi connectivity index (χ0n) is 12.0. The van der Waals surface area contributed by atoms with Crippen molar-refractivity contribution in [3.63, 3.8) is 0 Å². The van der Waals surface area contributed by atoms with Crippen molar-refractivity contribution < 1.29 is 0 Å². The molecule has 0 radical (unpaired) electrons. The summed E-state index contributed by atoms with van der Waals surface area (Å²) in [5, 5.41) is 0. The maximum absolute atomic E-state index is 3.91. The summed E-state index contributed by atoms with van der Waals surface area (Å²) < 4.78 is 0. The Morgan fingerprint density at radius 2 is 0.941 bits per heavy atom. The van der Waals surface area contributed by atoms with E-state index in [1.54, 1.807) is 0 Å². The lowest BCUT2D eigenvalue weighted by Crippen LogP contribution is -1.90. The lowest BCUT2D eigenvalue weighted by Gasteiger charge is -2.10. The first-order valence-electron chi connectivity index (χ1n) is 6.97. The summed E-state index contributed by atoms with van der Waals surface area (Å²) in [5.41, 5.74) is 4.08. The highest BCUT2D eigenvalue weighted by atomic mass is 14.1. The van der Waals surface area contributed by atoms with Crippen LogP contribution in [0.4, 0.5) is 0 Å². The van der Waals surface area contributed by atoms with Gasteiger partial charge in [0, 0.05) is 0 Å². The van der Waals surface area contributed by atoms with E-state index in [9.17, 15) is 0 Å². The third-order valence-corrected chi connectivity index (χ3v) is 2.87. The summed E-state index contributed by atoms with van der Waals surface area (Å²) in [5.74, 6) is 0. The van der Waals surface area contributed by atoms with Crippen molar-refractivity contribution in [1.82, 2.24) is 0 Å². The van der Waals surface area contributed by atoms with Crippen LogP contribution in [0.15, 0.2) is 36.5 Å². The van der Waals surface area contributed by atoms with E-state index >= 15 is 0 Å². The second-order valence-corrected chi connectivity index (χ2v) is 5.47. The summed E-state index contributed by atoms with van der Waals surface area (Å²) in [6.07, 6.45) is 12.1. The summed E-state index contributed by atoms with van der Waals surface area (Å²) in [7, 11) is 0. The van der Waals surface area contributed by atoms with Crippen LogP contribution in [-0.2, 0) is 0 Å². The van der Waals surface area contributed by atoms with Crippen LogP contribution < -0.4 is 0 Å². The van der Waals surface area contributed by atoms with Gasteiger partial charge >= 0.3 is 0 Å². The van der Waals surface area contributed by atoms with Crippen molar-refractivity contribution in [3.8, 4) is 0 Å².